The minimum Gasteiger partial charge on any atom is -0.394 e. The summed E-state index contributed by atoms with van der Waals surface area (Å²) in [6, 6.07) is 19.2. The van der Waals surface area contributed by atoms with Crippen molar-refractivity contribution in [3.63, 3.8) is 0 Å². The highest BCUT2D eigenvalue weighted by Crippen LogP contribution is 2.34. The average molecular weight is 817 g/mol. The number of allylic oxidation sites excluding steroid dienone is 1. The van der Waals surface area contributed by atoms with Crippen molar-refractivity contribution in [2.45, 2.75) is 17.4 Å². The maximum Gasteiger partial charge on any atom is 0.313 e. The molecule has 1 aromatic heterocycles. The van der Waals surface area contributed by atoms with E-state index in [4.69, 9.17) is 32.5 Å². The van der Waals surface area contributed by atoms with Crippen LogP contribution in [0.4, 0.5) is 23.0 Å². The number of aliphatic hydroxyl groups excluding tert-OH is 3. The zero-order valence-electron chi connectivity index (χ0n) is 31.4. The lowest BCUT2D eigenvalue weighted by atomic mass is 10.0. The fourth-order valence-corrected chi connectivity index (χ4v) is 5.49. The molecule has 304 valence electrons. The Morgan fingerprint density at radius 2 is 1.34 bits per heavy atom. The second kappa shape index (κ2) is 20.3. The second-order valence-corrected chi connectivity index (χ2v) is 14.6. The molecule has 3 saturated heterocycles. The molecular formula is C36H49ClN10O8S. The summed E-state index contributed by atoms with van der Waals surface area (Å²) < 4.78 is 27.6. The molecule has 20 heteroatoms. The number of aryl methyl sites for hydroxylation is 1. The number of carbonyl (C=O) groups is 2. The molecule has 0 saturated carbocycles. The van der Waals surface area contributed by atoms with Crippen LogP contribution in [0, 0.1) is 6.92 Å². The molecule has 3 aromatic rings. The fourth-order valence-electron chi connectivity index (χ4n) is 4.54. The Bertz CT molecular complexity index is 1990. The van der Waals surface area contributed by atoms with Crippen LogP contribution in [0.15, 0.2) is 105 Å². The van der Waals surface area contributed by atoms with Gasteiger partial charge in [-0.15, -0.1) is 17.5 Å². The normalized spacial score (nSPS) is 15.9. The highest BCUT2D eigenvalue weighted by Gasteiger charge is 2.43. The Balaban J connectivity index is 0.000000205. The van der Waals surface area contributed by atoms with Crippen LogP contribution in [0.2, 0.25) is 0 Å². The van der Waals surface area contributed by atoms with Crippen LogP contribution in [-0.4, -0.2) is 139 Å². The van der Waals surface area contributed by atoms with E-state index in [9.17, 15) is 18.0 Å². The van der Waals surface area contributed by atoms with Crippen LogP contribution < -0.4 is 17.2 Å². The molecule has 0 bridgehead atoms. The number of aromatic nitrogens is 1. The SMILES string of the molecule is Cc1ccc(S(=O)(=O)ON(C)C)cc1.Cl.NC(CO)(CO)CO.Nc1ccc(N=Nc2ccccc2)c(N)n1.O=C1C=C(N2CC2)C(=O)C(N2CC2)=C1N1CC1. The third-order valence-corrected chi connectivity index (χ3v) is 9.29. The number of benzene rings is 2. The van der Waals surface area contributed by atoms with Gasteiger partial charge in [-0.1, -0.05) is 35.9 Å². The summed E-state index contributed by atoms with van der Waals surface area (Å²) in [5.74, 6) is 0.697. The number of Topliss-reactive ketones (excluding diaryl/α,β-unsaturated/α-hetero) is 1. The zero-order chi connectivity index (χ0) is 40.3. The predicted molar refractivity (Wildman–Crippen MR) is 212 cm³/mol. The summed E-state index contributed by atoms with van der Waals surface area (Å²) in [6.07, 6.45) is 1.52. The van der Waals surface area contributed by atoms with E-state index in [1.807, 2.05) is 52.0 Å². The van der Waals surface area contributed by atoms with Gasteiger partial charge in [-0.05, 0) is 43.3 Å². The van der Waals surface area contributed by atoms with Crippen molar-refractivity contribution < 1.29 is 37.6 Å². The molecule has 4 heterocycles. The van der Waals surface area contributed by atoms with Gasteiger partial charge in [-0.3, -0.25) is 9.59 Å². The molecule has 18 nitrogen and oxygen atoms in total. The van der Waals surface area contributed by atoms with Gasteiger partial charge in [0.15, 0.2) is 5.82 Å². The van der Waals surface area contributed by atoms with Crippen molar-refractivity contribution in [1.29, 1.82) is 0 Å². The van der Waals surface area contributed by atoms with Crippen molar-refractivity contribution in [1.82, 2.24) is 24.7 Å². The molecule has 3 fully saturated rings. The van der Waals surface area contributed by atoms with E-state index in [0.717, 1.165) is 55.6 Å². The smallest absolute Gasteiger partial charge is 0.313 e. The Morgan fingerprint density at radius 1 is 0.804 bits per heavy atom. The lowest BCUT2D eigenvalue weighted by Gasteiger charge is -2.21. The average Bonchev–Trinajstić information content (AvgIpc) is 3.99. The van der Waals surface area contributed by atoms with Gasteiger partial charge < -0.3 is 47.2 Å². The largest absolute Gasteiger partial charge is 0.394 e. The number of hydrogen-bond donors (Lipinski definition) is 6. The molecule has 0 amide bonds. The zero-order valence-corrected chi connectivity index (χ0v) is 33.0. The number of hydroxylamine groups is 2. The van der Waals surface area contributed by atoms with E-state index in [1.54, 1.807) is 24.3 Å². The quantitative estimate of drug-likeness (QED) is 0.0685. The van der Waals surface area contributed by atoms with Crippen LogP contribution in [0.5, 0.6) is 0 Å². The standard InChI is InChI=1S/C12H13N3O2.C11H11N5.C9H13NO3S.C4H11NO3.ClH/c16-9-7-8(13-1-2-13)12(17)11(15-5-6-15)10(9)14-3-4-14;12-10-7-6-9(11(13)14-10)16-15-8-4-2-1-3-5-8;1-8-4-6-9(7-5-8)14(11,12)13-10(2)3;5-4(1-6,2-7)3-8;/h7H,1-6H2;1-7H,(H4,12,13,14);4-7H,1-3H3;6-8H,1-3,5H2;1H. The van der Waals surface area contributed by atoms with Crippen molar-refractivity contribution in [2.24, 2.45) is 16.0 Å². The lowest BCUT2D eigenvalue weighted by Crippen LogP contribution is -2.50. The van der Waals surface area contributed by atoms with Gasteiger partial charge in [0.2, 0.25) is 11.6 Å². The van der Waals surface area contributed by atoms with Crippen LogP contribution in [0.25, 0.3) is 0 Å². The monoisotopic (exact) mass is 816 g/mol. The number of ketones is 2. The first-order valence-corrected chi connectivity index (χ1v) is 18.6. The first-order chi connectivity index (χ1) is 26.1. The van der Waals surface area contributed by atoms with E-state index in [1.165, 1.54) is 32.3 Å². The molecule has 0 radical (unpaired) electrons. The number of carbonyl (C=O) groups excluding carboxylic acids is 2. The molecule has 4 aliphatic rings. The number of azo groups is 1. The van der Waals surface area contributed by atoms with Gasteiger partial charge in [0.25, 0.3) is 0 Å². The van der Waals surface area contributed by atoms with Crippen molar-refractivity contribution in [2.75, 3.05) is 84.7 Å². The van der Waals surface area contributed by atoms with Crippen molar-refractivity contribution >= 4 is 57.1 Å². The molecule has 1 aliphatic carbocycles. The molecule has 0 atom stereocenters. The van der Waals surface area contributed by atoms with E-state index in [2.05, 4.69) is 19.5 Å². The van der Waals surface area contributed by atoms with Crippen LogP contribution in [0.3, 0.4) is 0 Å². The maximum atomic E-state index is 12.4. The highest BCUT2D eigenvalue weighted by molar-refractivity contribution is 7.86. The van der Waals surface area contributed by atoms with Gasteiger partial charge in [0.05, 0.1) is 41.6 Å². The van der Waals surface area contributed by atoms with Gasteiger partial charge in [0, 0.05) is 59.4 Å². The summed E-state index contributed by atoms with van der Waals surface area (Å²) in [5.41, 5.74) is 19.2. The van der Waals surface area contributed by atoms with E-state index in [-0.39, 0.29) is 34.7 Å². The topological polar surface area (TPSA) is 266 Å². The molecule has 9 N–H and O–H groups in total. The predicted octanol–water partition coefficient (Wildman–Crippen LogP) is 1.10. The summed E-state index contributed by atoms with van der Waals surface area (Å²) in [5, 5.41) is 34.2. The number of aliphatic hydroxyl groups is 3. The molecule has 7 rings (SSSR count). The summed E-state index contributed by atoms with van der Waals surface area (Å²) >= 11 is 0. The Hall–Kier alpha value is -4.99. The fraction of sp³-hybridized carbons (Fsp3) is 0.361. The molecular weight excluding hydrogens is 768 g/mol. The lowest BCUT2D eigenvalue weighted by molar-refractivity contribution is -0.117. The summed E-state index contributed by atoms with van der Waals surface area (Å²) in [7, 11) is -0.611. The Morgan fingerprint density at radius 3 is 1.80 bits per heavy atom. The van der Waals surface area contributed by atoms with Crippen molar-refractivity contribution in [3.8, 4) is 0 Å². The number of nitrogens with zero attached hydrogens (tertiary/aromatic N) is 7. The maximum absolute atomic E-state index is 12.4. The Labute approximate surface area is 332 Å². The first kappa shape index (κ1) is 45.4. The molecule has 0 unspecified atom stereocenters. The van der Waals surface area contributed by atoms with Gasteiger partial charge in [0.1, 0.15) is 22.9 Å². The number of nitrogen functional groups attached to an aromatic ring is 2. The van der Waals surface area contributed by atoms with Gasteiger partial charge in [-0.25, -0.2) is 4.98 Å². The first-order valence-electron chi connectivity index (χ1n) is 17.2. The molecule has 3 aliphatic heterocycles. The number of halogens is 1. The number of anilines is 2. The van der Waals surface area contributed by atoms with Gasteiger partial charge >= 0.3 is 10.1 Å². The highest BCUT2D eigenvalue weighted by atomic mass is 35.5. The minimum atomic E-state index is -3.65. The van der Waals surface area contributed by atoms with Crippen LogP contribution in [-0.2, 0) is 24.0 Å². The number of pyridine rings is 1. The number of rotatable bonds is 11. The number of nitrogens with two attached hydrogens (primary N) is 3. The van der Waals surface area contributed by atoms with Crippen LogP contribution in [0.1, 0.15) is 5.56 Å². The molecule has 56 heavy (non-hydrogen) atoms. The van der Waals surface area contributed by atoms with E-state index in [0.29, 0.717) is 28.6 Å². The molecule has 2 aromatic carbocycles. The molecule has 0 spiro atoms. The third-order valence-electron chi connectivity index (χ3n) is 7.94. The van der Waals surface area contributed by atoms with Crippen molar-refractivity contribution in [3.05, 3.63) is 95.5 Å². The Kier molecular flexibility index (Phi) is 16.4. The minimum absolute atomic E-state index is 0. The van der Waals surface area contributed by atoms with Crippen LogP contribution >= 0.6 is 12.4 Å². The number of hydrogen-bond acceptors (Lipinski definition) is 18. The second-order valence-electron chi connectivity index (χ2n) is 13.0. The summed E-state index contributed by atoms with van der Waals surface area (Å²) in [4.78, 5) is 34.5. The van der Waals surface area contributed by atoms with Gasteiger partial charge in [-0.2, -0.15) is 22.9 Å². The summed E-state index contributed by atoms with van der Waals surface area (Å²) in [6.45, 7) is 6.09. The van der Waals surface area contributed by atoms with E-state index < -0.39 is 35.5 Å². The third kappa shape index (κ3) is 13.3. The van der Waals surface area contributed by atoms with E-state index >= 15 is 0 Å².